The molecule has 4 rings (SSSR count). The van der Waals surface area contributed by atoms with Crippen LogP contribution in [0.4, 0.5) is 0 Å². The highest BCUT2D eigenvalue weighted by Crippen LogP contribution is 2.30. The monoisotopic (exact) mass is 324 g/mol. The second-order valence-electron chi connectivity index (χ2n) is 5.83. The minimum Gasteiger partial charge on any atom is -0.485 e. The molecule has 1 amide bonds. The van der Waals surface area contributed by atoms with Crippen LogP contribution < -0.4 is 20.2 Å². The summed E-state index contributed by atoms with van der Waals surface area (Å²) < 4.78 is 11.2. The van der Waals surface area contributed by atoms with Gasteiger partial charge in [0.05, 0.1) is 18.3 Å². The average Bonchev–Trinajstić information content (AvgIpc) is 3.04. The molecule has 0 saturated carbocycles. The lowest BCUT2D eigenvalue weighted by atomic mass is 9.92. The lowest BCUT2D eigenvalue weighted by Crippen LogP contribution is -2.83. The topological polar surface area (TPSA) is 76.5 Å². The molecule has 0 unspecified atom stereocenters. The zero-order valence-electron chi connectivity index (χ0n) is 13.0. The lowest BCUT2D eigenvalue weighted by Gasteiger charge is -2.24. The molecule has 1 aromatic rings. The van der Waals surface area contributed by atoms with Crippen LogP contribution in [0.5, 0.6) is 11.5 Å². The van der Waals surface area contributed by atoms with Gasteiger partial charge in [-0.2, -0.15) is 5.10 Å². The molecule has 3 N–H and O–H groups in total. The molecule has 1 aromatic carbocycles. The molecule has 24 heavy (non-hydrogen) atoms. The first-order chi connectivity index (χ1) is 11.8. The summed E-state index contributed by atoms with van der Waals surface area (Å²) in [5, 5.41) is 6.21. The second-order valence-corrected chi connectivity index (χ2v) is 5.83. The first-order valence-corrected chi connectivity index (χ1v) is 7.93. The Bertz CT molecular complexity index is 767. The van der Waals surface area contributed by atoms with Gasteiger partial charge < -0.3 is 14.8 Å². The van der Waals surface area contributed by atoms with Gasteiger partial charge in [0.15, 0.2) is 11.5 Å². The molecule has 6 nitrogen and oxygen atoms in total. The summed E-state index contributed by atoms with van der Waals surface area (Å²) in [5.41, 5.74) is 3.61. The van der Waals surface area contributed by atoms with Gasteiger partial charge in [-0.25, -0.2) is 5.43 Å². The van der Waals surface area contributed by atoms with E-state index in [1.165, 1.54) is 0 Å². The molecule has 0 aromatic heterocycles. The van der Waals surface area contributed by atoms with Crippen molar-refractivity contribution in [2.75, 3.05) is 6.61 Å². The molecule has 3 aliphatic rings. The first kappa shape index (κ1) is 14.7. The van der Waals surface area contributed by atoms with Crippen LogP contribution in [0.15, 0.2) is 65.4 Å². The van der Waals surface area contributed by atoms with Crippen molar-refractivity contribution < 1.29 is 19.6 Å². The third-order valence-electron chi connectivity index (χ3n) is 4.26. The van der Waals surface area contributed by atoms with Crippen LogP contribution in [0.25, 0.3) is 0 Å². The van der Waals surface area contributed by atoms with Gasteiger partial charge in [-0.15, -0.1) is 0 Å². The molecule has 2 aliphatic heterocycles. The fourth-order valence-corrected chi connectivity index (χ4v) is 3.00. The van der Waals surface area contributed by atoms with Crippen molar-refractivity contribution in [1.29, 1.82) is 0 Å². The maximum Gasteiger partial charge on any atom is 0.284 e. The highest BCUT2D eigenvalue weighted by molar-refractivity contribution is 5.85. The molecule has 0 fully saturated rings. The molecule has 6 heteroatoms. The molecule has 122 valence electrons. The largest absolute Gasteiger partial charge is 0.485 e. The molecule has 0 bridgehead atoms. The van der Waals surface area contributed by atoms with E-state index in [1.54, 1.807) is 12.3 Å². The summed E-state index contributed by atoms with van der Waals surface area (Å²) in [6.45, 7) is 0.174. The Kier molecular flexibility index (Phi) is 3.88. The maximum atomic E-state index is 12.2. The standard InChI is InChI=1S/C18H17N3O3/c22-18(17-11-23-15-7-3-4-8-16(15)24-17)21-20-10-12-9-19-14-6-2-1-5-13(12)14/h1-10,13-14,17,19H,11H2,(H,21,22)/p+1/b20-10-/t13-,14-,17-/m1/s1. The molecule has 0 saturated heterocycles. The number of hydrogen-bond acceptors (Lipinski definition) is 4. The molecule has 0 radical (unpaired) electrons. The average molecular weight is 324 g/mol. The van der Waals surface area contributed by atoms with Crippen molar-refractivity contribution in [1.82, 2.24) is 5.43 Å². The fourth-order valence-electron chi connectivity index (χ4n) is 3.00. The summed E-state index contributed by atoms with van der Waals surface area (Å²) in [7, 11) is 0. The number of fused-ring (bicyclic) bond motifs is 2. The van der Waals surface area contributed by atoms with Crippen LogP contribution in [0.3, 0.4) is 0 Å². The lowest BCUT2D eigenvalue weighted by molar-refractivity contribution is -0.609. The molecule has 1 aliphatic carbocycles. The van der Waals surface area contributed by atoms with Gasteiger partial charge in [-0.1, -0.05) is 30.4 Å². The third-order valence-corrected chi connectivity index (χ3v) is 4.26. The van der Waals surface area contributed by atoms with E-state index < -0.39 is 6.10 Å². The smallest absolute Gasteiger partial charge is 0.284 e. The number of hydrogen-bond donors (Lipinski definition) is 2. The number of benzene rings is 1. The Labute approximate surface area is 139 Å². The Morgan fingerprint density at radius 2 is 2.08 bits per heavy atom. The van der Waals surface area contributed by atoms with Gasteiger partial charge in [0.25, 0.3) is 5.91 Å². The number of para-hydroxylation sites is 2. The summed E-state index contributed by atoms with van der Waals surface area (Å²) in [5.74, 6) is 1.21. The van der Waals surface area contributed by atoms with Crippen molar-refractivity contribution in [2.45, 2.75) is 12.1 Å². The van der Waals surface area contributed by atoms with E-state index in [-0.39, 0.29) is 12.5 Å². The number of allylic oxidation sites excluding steroid dienone is 2. The van der Waals surface area contributed by atoms with Crippen LogP contribution in [0, 0.1) is 5.92 Å². The first-order valence-electron chi connectivity index (χ1n) is 7.93. The van der Waals surface area contributed by atoms with Gasteiger partial charge in [0.1, 0.15) is 12.6 Å². The summed E-state index contributed by atoms with van der Waals surface area (Å²) in [4.78, 5) is 12.2. The Morgan fingerprint density at radius 3 is 3.00 bits per heavy atom. The number of ether oxygens (including phenoxy) is 2. The van der Waals surface area contributed by atoms with Crippen LogP contribution in [-0.2, 0) is 4.79 Å². The molecular formula is C18H18N3O3+. The van der Waals surface area contributed by atoms with Gasteiger partial charge in [0.2, 0.25) is 6.10 Å². The summed E-state index contributed by atoms with van der Waals surface area (Å²) in [6, 6.07) is 7.68. The predicted octanol–water partition coefficient (Wildman–Crippen LogP) is 0.500. The fraction of sp³-hybridized carbons (Fsp3) is 0.222. The zero-order chi connectivity index (χ0) is 16.4. The number of rotatable bonds is 3. The van der Waals surface area contributed by atoms with Crippen LogP contribution in [-0.4, -0.2) is 30.9 Å². The van der Waals surface area contributed by atoms with Crippen molar-refractivity contribution in [3.63, 3.8) is 0 Å². The van der Waals surface area contributed by atoms with Gasteiger partial charge in [0, 0.05) is 5.57 Å². The minimum atomic E-state index is -0.702. The summed E-state index contributed by atoms with van der Waals surface area (Å²) in [6.07, 6.45) is 11.4. The van der Waals surface area contributed by atoms with Gasteiger partial charge >= 0.3 is 0 Å². The molecule has 0 spiro atoms. The van der Waals surface area contributed by atoms with Crippen LogP contribution >= 0.6 is 0 Å². The van der Waals surface area contributed by atoms with E-state index in [2.05, 4.69) is 28.0 Å². The van der Waals surface area contributed by atoms with E-state index in [4.69, 9.17) is 9.47 Å². The minimum absolute atomic E-state index is 0.174. The summed E-state index contributed by atoms with van der Waals surface area (Å²) >= 11 is 0. The molecule has 2 heterocycles. The van der Waals surface area contributed by atoms with E-state index in [0.717, 1.165) is 5.57 Å². The quantitative estimate of drug-likeness (QED) is 0.628. The Hall–Kier alpha value is -2.86. The zero-order valence-corrected chi connectivity index (χ0v) is 13.0. The van der Waals surface area contributed by atoms with E-state index in [9.17, 15) is 4.79 Å². The van der Waals surface area contributed by atoms with Gasteiger partial charge in [-0.3, -0.25) is 4.79 Å². The second kappa shape index (κ2) is 6.33. The van der Waals surface area contributed by atoms with Crippen molar-refractivity contribution >= 4 is 12.1 Å². The third kappa shape index (κ3) is 2.83. The number of nitrogens with one attached hydrogen (secondary N) is 1. The highest BCUT2D eigenvalue weighted by Gasteiger charge is 2.30. The van der Waals surface area contributed by atoms with E-state index in [1.807, 2.05) is 36.6 Å². The number of carbonyl (C=O) groups is 1. The van der Waals surface area contributed by atoms with E-state index >= 15 is 0 Å². The number of hydrazone groups is 1. The molecule has 3 atom stereocenters. The normalized spacial score (nSPS) is 27.0. The Balaban J connectivity index is 1.34. The maximum absolute atomic E-state index is 12.2. The Morgan fingerprint density at radius 1 is 1.25 bits per heavy atom. The van der Waals surface area contributed by atoms with Crippen molar-refractivity contribution in [3.05, 3.63) is 60.3 Å². The number of nitrogens with two attached hydrogens (primary N) is 1. The van der Waals surface area contributed by atoms with E-state index in [0.29, 0.717) is 23.5 Å². The number of quaternary nitrogens is 1. The van der Waals surface area contributed by atoms with Crippen molar-refractivity contribution in [3.8, 4) is 11.5 Å². The SMILES string of the molecule is O=C(N/N=C\C1=C[NH2+][C@@H]2C=CC=C[C@H]12)[C@H]1COc2ccccc2O1. The van der Waals surface area contributed by atoms with Crippen molar-refractivity contribution in [2.24, 2.45) is 11.0 Å². The van der Waals surface area contributed by atoms with Crippen LogP contribution in [0.1, 0.15) is 0 Å². The highest BCUT2D eigenvalue weighted by atomic mass is 16.6. The van der Waals surface area contributed by atoms with Crippen LogP contribution in [0.2, 0.25) is 0 Å². The number of carbonyl (C=O) groups excluding carboxylic acids is 1. The molecular weight excluding hydrogens is 306 g/mol. The predicted molar refractivity (Wildman–Crippen MR) is 88.6 cm³/mol. The number of amides is 1. The van der Waals surface area contributed by atoms with Gasteiger partial charge in [-0.05, 0) is 18.2 Å². The number of nitrogens with zero attached hydrogens (tertiary/aromatic N) is 1.